The van der Waals surface area contributed by atoms with E-state index in [0.29, 0.717) is 6.61 Å². The molecule has 1 N–H and O–H groups in total. The number of esters is 1. The number of benzene rings is 2. The van der Waals surface area contributed by atoms with Gasteiger partial charge in [0.2, 0.25) is 10.0 Å². The van der Waals surface area contributed by atoms with Gasteiger partial charge in [0, 0.05) is 20.7 Å². The Morgan fingerprint density at radius 2 is 1.82 bits per heavy atom. The summed E-state index contributed by atoms with van der Waals surface area (Å²) in [7, 11) is -1.10. The monoisotopic (exact) mass is 408 g/mol. The summed E-state index contributed by atoms with van der Waals surface area (Å²) in [5, 5.41) is 4.23. The van der Waals surface area contributed by atoms with Crippen molar-refractivity contribution in [1.82, 2.24) is 9.62 Å². The number of methoxy groups -OCH3 is 1. The van der Waals surface area contributed by atoms with Crippen LogP contribution in [-0.4, -0.2) is 64.6 Å². The molecular weight excluding hydrogens is 384 g/mol. The van der Waals surface area contributed by atoms with Crippen LogP contribution >= 0.6 is 0 Å². The molecule has 1 amide bonds. The molecule has 0 heterocycles. The first kappa shape index (κ1) is 21.8. The minimum absolute atomic E-state index is 0.0758. The van der Waals surface area contributed by atoms with Crippen LogP contribution in [-0.2, 0) is 29.1 Å². The van der Waals surface area contributed by atoms with Gasteiger partial charge in [0.05, 0.1) is 11.5 Å². The van der Waals surface area contributed by atoms with E-state index in [1.165, 1.54) is 27.1 Å². The zero-order valence-electron chi connectivity index (χ0n) is 16.0. The highest BCUT2D eigenvalue weighted by Crippen LogP contribution is 2.21. The van der Waals surface area contributed by atoms with Gasteiger partial charge in [-0.05, 0) is 29.8 Å². The van der Waals surface area contributed by atoms with E-state index in [9.17, 15) is 18.0 Å². The number of fused-ring (bicyclic) bond motifs is 1. The van der Waals surface area contributed by atoms with Gasteiger partial charge in [-0.1, -0.05) is 30.3 Å². The summed E-state index contributed by atoms with van der Waals surface area (Å²) in [4.78, 5) is 23.9. The lowest BCUT2D eigenvalue weighted by atomic mass is 10.1. The van der Waals surface area contributed by atoms with Crippen LogP contribution in [0.1, 0.15) is 6.92 Å². The molecule has 0 unspecified atom stereocenters. The highest BCUT2D eigenvalue weighted by atomic mass is 32.2. The van der Waals surface area contributed by atoms with Crippen molar-refractivity contribution in [2.75, 3.05) is 33.9 Å². The van der Waals surface area contributed by atoms with Gasteiger partial charge in [-0.2, -0.15) is 4.31 Å². The molecule has 152 valence electrons. The van der Waals surface area contributed by atoms with Gasteiger partial charge >= 0.3 is 5.97 Å². The number of rotatable bonds is 9. The Hall–Kier alpha value is -2.49. The number of likely N-dealkylation sites (N-methyl/N-ethyl adjacent to an activating group) is 1. The number of hydrogen-bond acceptors (Lipinski definition) is 6. The maximum absolute atomic E-state index is 12.7. The molecule has 2 aromatic carbocycles. The molecule has 0 radical (unpaired) electrons. The third-order valence-corrected chi connectivity index (χ3v) is 5.86. The van der Waals surface area contributed by atoms with E-state index in [-0.39, 0.29) is 11.4 Å². The summed E-state index contributed by atoms with van der Waals surface area (Å²) in [6.07, 6.45) is -1.04. The maximum Gasteiger partial charge on any atom is 0.322 e. The summed E-state index contributed by atoms with van der Waals surface area (Å²) < 4.78 is 36.2. The lowest BCUT2D eigenvalue weighted by Crippen LogP contribution is -2.40. The Morgan fingerprint density at radius 1 is 1.14 bits per heavy atom. The molecule has 0 bridgehead atoms. The summed E-state index contributed by atoms with van der Waals surface area (Å²) in [5.41, 5.74) is 0. The summed E-state index contributed by atoms with van der Waals surface area (Å²) in [5.74, 6) is -1.30. The molecule has 0 fully saturated rings. The molecule has 0 aromatic heterocycles. The van der Waals surface area contributed by atoms with Crippen molar-refractivity contribution in [2.45, 2.75) is 17.9 Å². The van der Waals surface area contributed by atoms with Crippen LogP contribution in [0.4, 0.5) is 0 Å². The fourth-order valence-electron chi connectivity index (χ4n) is 2.48. The van der Waals surface area contributed by atoms with Gasteiger partial charge < -0.3 is 14.8 Å². The lowest BCUT2D eigenvalue weighted by Gasteiger charge is -2.18. The number of carbonyl (C=O) groups is 2. The van der Waals surface area contributed by atoms with E-state index in [0.717, 1.165) is 15.1 Å². The third-order valence-electron chi connectivity index (χ3n) is 4.06. The number of amides is 1. The van der Waals surface area contributed by atoms with Gasteiger partial charge in [0.15, 0.2) is 6.10 Å². The number of nitrogens with zero attached hydrogens (tertiary/aromatic N) is 1. The van der Waals surface area contributed by atoms with Gasteiger partial charge in [-0.3, -0.25) is 9.59 Å². The Kier molecular flexibility index (Phi) is 7.50. The van der Waals surface area contributed by atoms with Gasteiger partial charge in [-0.15, -0.1) is 0 Å². The van der Waals surface area contributed by atoms with Crippen molar-refractivity contribution >= 4 is 32.7 Å². The first-order valence-electron chi connectivity index (χ1n) is 8.67. The molecule has 0 aliphatic carbocycles. The van der Waals surface area contributed by atoms with E-state index in [2.05, 4.69) is 5.32 Å². The summed E-state index contributed by atoms with van der Waals surface area (Å²) >= 11 is 0. The van der Waals surface area contributed by atoms with Crippen LogP contribution < -0.4 is 5.32 Å². The van der Waals surface area contributed by atoms with Crippen molar-refractivity contribution in [3.05, 3.63) is 42.5 Å². The van der Waals surface area contributed by atoms with Crippen molar-refractivity contribution in [3.63, 3.8) is 0 Å². The SMILES string of the molecule is COCCNC(=O)[C@H](C)OC(=O)CN(C)S(=O)(=O)c1ccc2ccccc2c1. The van der Waals surface area contributed by atoms with Crippen LogP contribution in [0.3, 0.4) is 0 Å². The van der Waals surface area contributed by atoms with Crippen molar-refractivity contribution in [2.24, 2.45) is 0 Å². The second-order valence-electron chi connectivity index (χ2n) is 6.19. The molecule has 0 saturated carbocycles. The predicted octanol–water partition coefficient (Wildman–Crippen LogP) is 1.15. The quantitative estimate of drug-likeness (QED) is 0.493. The standard InChI is InChI=1S/C19H24N2O6S/c1-14(19(23)20-10-11-26-3)27-18(22)13-21(2)28(24,25)17-9-8-15-6-4-5-7-16(15)12-17/h4-9,12,14H,10-11,13H2,1-3H3,(H,20,23)/t14-/m0/s1. The van der Waals surface area contributed by atoms with E-state index >= 15 is 0 Å². The average molecular weight is 408 g/mol. The van der Waals surface area contributed by atoms with Crippen LogP contribution in [0.5, 0.6) is 0 Å². The highest BCUT2D eigenvalue weighted by molar-refractivity contribution is 7.89. The molecule has 9 heteroatoms. The second kappa shape index (κ2) is 9.63. The van der Waals surface area contributed by atoms with E-state index in [4.69, 9.17) is 9.47 Å². The molecule has 1 atom stereocenters. The van der Waals surface area contributed by atoms with E-state index in [1.807, 2.05) is 24.3 Å². The topological polar surface area (TPSA) is 102 Å². The minimum atomic E-state index is -3.88. The van der Waals surface area contributed by atoms with Crippen LogP contribution in [0.25, 0.3) is 10.8 Å². The molecule has 28 heavy (non-hydrogen) atoms. The largest absolute Gasteiger partial charge is 0.452 e. The molecule has 2 aromatic rings. The average Bonchev–Trinajstić information content (AvgIpc) is 2.67. The lowest BCUT2D eigenvalue weighted by molar-refractivity contribution is -0.154. The van der Waals surface area contributed by atoms with E-state index in [1.54, 1.807) is 12.1 Å². The summed E-state index contributed by atoms with van der Waals surface area (Å²) in [6, 6.07) is 12.1. The minimum Gasteiger partial charge on any atom is -0.452 e. The van der Waals surface area contributed by atoms with Crippen LogP contribution in [0.2, 0.25) is 0 Å². The Balaban J connectivity index is 2.00. The fraction of sp³-hybridized carbons (Fsp3) is 0.368. The third kappa shape index (κ3) is 5.51. The molecule has 0 spiro atoms. The number of carbonyl (C=O) groups excluding carboxylic acids is 2. The van der Waals surface area contributed by atoms with Crippen LogP contribution in [0.15, 0.2) is 47.4 Å². The Morgan fingerprint density at radius 3 is 2.50 bits per heavy atom. The predicted molar refractivity (Wildman–Crippen MR) is 104 cm³/mol. The molecule has 0 saturated heterocycles. The number of hydrogen-bond donors (Lipinski definition) is 1. The van der Waals surface area contributed by atoms with Crippen molar-refractivity contribution in [3.8, 4) is 0 Å². The number of ether oxygens (including phenoxy) is 2. The molecule has 0 aliphatic heterocycles. The smallest absolute Gasteiger partial charge is 0.322 e. The van der Waals surface area contributed by atoms with Gasteiger partial charge in [0.25, 0.3) is 5.91 Å². The molecular formula is C19H24N2O6S. The number of sulfonamides is 1. The highest BCUT2D eigenvalue weighted by Gasteiger charge is 2.25. The van der Waals surface area contributed by atoms with Crippen molar-refractivity contribution in [1.29, 1.82) is 0 Å². The zero-order chi connectivity index (χ0) is 20.7. The summed E-state index contributed by atoms with van der Waals surface area (Å²) in [6.45, 7) is 1.52. The first-order chi connectivity index (χ1) is 13.3. The van der Waals surface area contributed by atoms with Gasteiger partial charge in [-0.25, -0.2) is 8.42 Å². The fourth-order valence-corrected chi connectivity index (χ4v) is 3.63. The van der Waals surface area contributed by atoms with E-state index < -0.39 is 34.5 Å². The number of nitrogens with one attached hydrogen (secondary N) is 1. The normalized spacial score (nSPS) is 12.7. The molecule has 8 nitrogen and oxygen atoms in total. The first-order valence-corrected chi connectivity index (χ1v) is 10.1. The molecule has 0 aliphatic rings. The maximum atomic E-state index is 12.7. The Labute approximate surface area is 164 Å². The molecule has 2 rings (SSSR count). The Bertz CT molecular complexity index is 944. The second-order valence-corrected chi connectivity index (χ2v) is 8.23. The zero-order valence-corrected chi connectivity index (χ0v) is 16.9. The van der Waals surface area contributed by atoms with Crippen molar-refractivity contribution < 1.29 is 27.5 Å². The van der Waals surface area contributed by atoms with Gasteiger partial charge in [0.1, 0.15) is 6.54 Å². The van der Waals surface area contributed by atoms with Crippen LogP contribution in [0, 0.1) is 0 Å².